The Morgan fingerprint density at radius 1 is 1.53 bits per heavy atom. The molecule has 0 aliphatic carbocycles. The highest BCUT2D eigenvalue weighted by Crippen LogP contribution is 2.24. The maximum Gasteiger partial charge on any atom is 0.270 e. The fourth-order valence-electron chi connectivity index (χ4n) is 1.55. The van der Waals surface area contributed by atoms with Crippen LogP contribution in [-0.2, 0) is 13.2 Å². The fourth-order valence-corrected chi connectivity index (χ4v) is 1.55. The number of non-ortho nitro benzene ring substituents is 1. The Balaban J connectivity index is 2.16. The summed E-state index contributed by atoms with van der Waals surface area (Å²) < 4.78 is 10.1. The minimum absolute atomic E-state index is 0.0251. The lowest BCUT2D eigenvalue weighted by molar-refractivity contribution is -0.384. The van der Waals surface area contributed by atoms with Crippen LogP contribution in [0.4, 0.5) is 5.69 Å². The molecule has 2 rings (SSSR count). The van der Waals surface area contributed by atoms with E-state index in [4.69, 9.17) is 4.74 Å². The Bertz CT molecular complexity index is 556. The molecule has 0 saturated heterocycles. The van der Waals surface area contributed by atoms with Crippen molar-refractivity contribution >= 4 is 5.69 Å². The predicted octanol–water partition coefficient (Wildman–Crippen LogP) is 1.28. The Morgan fingerprint density at radius 3 is 3.00 bits per heavy atom. The molecule has 8 heteroatoms. The van der Waals surface area contributed by atoms with Gasteiger partial charge in [0.1, 0.15) is 5.75 Å². The molecular formula is C11H12N4O4. The third kappa shape index (κ3) is 3.26. The minimum Gasteiger partial charge on any atom is -0.485 e. The number of aromatic nitrogens is 2. The monoisotopic (exact) mass is 264 g/mol. The van der Waals surface area contributed by atoms with Crippen LogP contribution in [0.2, 0.25) is 0 Å². The molecule has 0 atom stereocenters. The molecule has 19 heavy (non-hydrogen) atoms. The van der Waals surface area contributed by atoms with E-state index in [1.165, 1.54) is 18.5 Å². The van der Waals surface area contributed by atoms with Gasteiger partial charge in [-0.25, -0.2) is 0 Å². The normalized spacial score (nSPS) is 10.4. The average molecular weight is 264 g/mol. The highest BCUT2D eigenvalue weighted by molar-refractivity contribution is 5.43. The standard InChI is InChI=1S/C11H12N4O4/c1-12-5-8-4-9(15(16)17)2-3-10(8)18-6-11-13-7-19-14-11/h2-4,7,12H,5-6H2,1H3. The first-order chi connectivity index (χ1) is 9.20. The highest BCUT2D eigenvalue weighted by atomic mass is 16.6. The largest absolute Gasteiger partial charge is 0.485 e. The zero-order chi connectivity index (χ0) is 13.7. The third-order valence-electron chi connectivity index (χ3n) is 2.39. The van der Waals surface area contributed by atoms with Crippen LogP contribution < -0.4 is 10.1 Å². The van der Waals surface area contributed by atoms with E-state index in [0.717, 1.165) is 0 Å². The number of hydrogen-bond donors (Lipinski definition) is 1. The van der Waals surface area contributed by atoms with Crippen molar-refractivity contribution in [1.82, 2.24) is 15.5 Å². The SMILES string of the molecule is CNCc1cc([N+](=O)[O-])ccc1OCc1ncon1. The van der Waals surface area contributed by atoms with Crippen LogP contribution in [0.1, 0.15) is 11.4 Å². The van der Waals surface area contributed by atoms with Gasteiger partial charge in [-0.3, -0.25) is 10.1 Å². The van der Waals surface area contributed by atoms with Crippen LogP contribution in [0.5, 0.6) is 5.75 Å². The third-order valence-corrected chi connectivity index (χ3v) is 2.39. The molecule has 0 radical (unpaired) electrons. The summed E-state index contributed by atoms with van der Waals surface area (Å²) in [5, 5.41) is 17.3. The Hall–Kier alpha value is -2.48. The van der Waals surface area contributed by atoms with E-state index in [2.05, 4.69) is 20.0 Å². The van der Waals surface area contributed by atoms with Crippen LogP contribution in [0.25, 0.3) is 0 Å². The highest BCUT2D eigenvalue weighted by Gasteiger charge is 2.12. The van der Waals surface area contributed by atoms with E-state index < -0.39 is 4.92 Å². The van der Waals surface area contributed by atoms with Gasteiger partial charge < -0.3 is 14.6 Å². The van der Waals surface area contributed by atoms with Crippen LogP contribution in [0.3, 0.4) is 0 Å². The van der Waals surface area contributed by atoms with E-state index in [1.807, 2.05) is 0 Å². The van der Waals surface area contributed by atoms with Gasteiger partial charge in [-0.2, -0.15) is 4.98 Å². The molecule has 0 aliphatic rings. The second kappa shape index (κ2) is 5.91. The second-order valence-corrected chi connectivity index (χ2v) is 3.72. The van der Waals surface area contributed by atoms with E-state index in [9.17, 15) is 10.1 Å². The Morgan fingerprint density at radius 2 is 2.37 bits per heavy atom. The predicted molar refractivity (Wildman–Crippen MR) is 64.5 cm³/mol. The van der Waals surface area contributed by atoms with Gasteiger partial charge in [0.2, 0.25) is 12.2 Å². The van der Waals surface area contributed by atoms with Crippen LogP contribution in [0.15, 0.2) is 29.1 Å². The molecule has 0 spiro atoms. The number of benzene rings is 1. The summed E-state index contributed by atoms with van der Waals surface area (Å²) in [7, 11) is 1.75. The van der Waals surface area contributed by atoms with Gasteiger partial charge in [0.15, 0.2) is 6.61 Å². The molecule has 100 valence electrons. The number of nitrogens with zero attached hydrogens (tertiary/aromatic N) is 3. The van der Waals surface area contributed by atoms with Gasteiger partial charge in [-0.15, -0.1) is 0 Å². The molecule has 1 N–H and O–H groups in total. The molecule has 0 aliphatic heterocycles. The van der Waals surface area contributed by atoms with Crippen molar-refractivity contribution in [1.29, 1.82) is 0 Å². The fraction of sp³-hybridized carbons (Fsp3) is 0.273. The number of nitrogens with one attached hydrogen (secondary N) is 1. The minimum atomic E-state index is -0.442. The van der Waals surface area contributed by atoms with Crippen LogP contribution >= 0.6 is 0 Å². The van der Waals surface area contributed by atoms with Crippen molar-refractivity contribution in [2.75, 3.05) is 7.05 Å². The van der Waals surface area contributed by atoms with E-state index >= 15 is 0 Å². The maximum atomic E-state index is 10.7. The van der Waals surface area contributed by atoms with Gasteiger partial charge in [-0.1, -0.05) is 5.16 Å². The number of nitro groups is 1. The van der Waals surface area contributed by atoms with E-state index in [-0.39, 0.29) is 12.3 Å². The summed E-state index contributed by atoms with van der Waals surface area (Å²) in [4.78, 5) is 14.1. The Labute approximate surface area is 108 Å². The molecule has 1 heterocycles. The van der Waals surface area contributed by atoms with Gasteiger partial charge in [0.05, 0.1) is 4.92 Å². The number of nitro benzene ring substituents is 1. The van der Waals surface area contributed by atoms with Crippen molar-refractivity contribution in [3.63, 3.8) is 0 Å². The number of ether oxygens (including phenoxy) is 1. The smallest absolute Gasteiger partial charge is 0.270 e. The van der Waals surface area contributed by atoms with Gasteiger partial charge >= 0.3 is 0 Å². The summed E-state index contributed by atoms with van der Waals surface area (Å²) in [6, 6.07) is 4.43. The molecule has 1 aromatic heterocycles. The summed E-state index contributed by atoms with van der Waals surface area (Å²) >= 11 is 0. The summed E-state index contributed by atoms with van der Waals surface area (Å²) in [6.45, 7) is 0.605. The van der Waals surface area contributed by atoms with Gasteiger partial charge in [-0.05, 0) is 13.1 Å². The first kappa shape index (κ1) is 13.0. The number of rotatable bonds is 6. The first-order valence-corrected chi connectivity index (χ1v) is 5.50. The summed E-state index contributed by atoms with van der Waals surface area (Å²) in [6.07, 6.45) is 1.21. The molecule has 0 amide bonds. The van der Waals surface area contributed by atoms with E-state index in [0.29, 0.717) is 23.7 Å². The maximum absolute atomic E-state index is 10.7. The molecule has 1 aromatic carbocycles. The Kier molecular flexibility index (Phi) is 4.04. The van der Waals surface area contributed by atoms with Crippen molar-refractivity contribution in [2.24, 2.45) is 0 Å². The van der Waals surface area contributed by atoms with Crippen molar-refractivity contribution in [2.45, 2.75) is 13.2 Å². The first-order valence-electron chi connectivity index (χ1n) is 5.50. The topological polar surface area (TPSA) is 103 Å². The van der Waals surface area contributed by atoms with Crippen molar-refractivity contribution < 1.29 is 14.2 Å². The van der Waals surface area contributed by atoms with Crippen molar-refractivity contribution in [3.8, 4) is 5.75 Å². The van der Waals surface area contributed by atoms with Crippen LogP contribution in [-0.4, -0.2) is 22.1 Å². The zero-order valence-electron chi connectivity index (χ0n) is 10.2. The molecule has 0 unspecified atom stereocenters. The molecule has 8 nitrogen and oxygen atoms in total. The van der Waals surface area contributed by atoms with Crippen LogP contribution in [0, 0.1) is 10.1 Å². The average Bonchev–Trinajstić information content (AvgIpc) is 2.90. The second-order valence-electron chi connectivity index (χ2n) is 3.72. The quantitative estimate of drug-likeness (QED) is 0.619. The lowest BCUT2D eigenvalue weighted by Crippen LogP contribution is -2.08. The zero-order valence-corrected chi connectivity index (χ0v) is 10.2. The molecule has 0 saturated carbocycles. The molecule has 0 bridgehead atoms. The van der Waals surface area contributed by atoms with Gasteiger partial charge in [0.25, 0.3) is 5.69 Å². The van der Waals surface area contributed by atoms with Gasteiger partial charge in [0, 0.05) is 24.2 Å². The summed E-state index contributed by atoms with van der Waals surface area (Å²) in [5.41, 5.74) is 0.720. The van der Waals surface area contributed by atoms with Crippen molar-refractivity contribution in [3.05, 3.63) is 46.1 Å². The van der Waals surface area contributed by atoms with E-state index in [1.54, 1.807) is 13.1 Å². The molecule has 0 fully saturated rings. The summed E-state index contributed by atoms with van der Waals surface area (Å²) in [5.74, 6) is 0.957. The lowest BCUT2D eigenvalue weighted by Gasteiger charge is -2.09. The molecule has 2 aromatic rings. The molecular weight excluding hydrogens is 252 g/mol. The lowest BCUT2D eigenvalue weighted by atomic mass is 10.2. The number of hydrogen-bond acceptors (Lipinski definition) is 7.